The molecule has 0 radical (unpaired) electrons. The average Bonchev–Trinajstić information content (AvgIpc) is 3.49. The fraction of sp³-hybridized carbons (Fsp3) is 0.571. The van der Waals surface area contributed by atoms with Crippen molar-refractivity contribution in [2.75, 3.05) is 61.5 Å². The van der Waals surface area contributed by atoms with Crippen molar-refractivity contribution >= 4 is 28.9 Å². The Kier molecular flexibility index (Phi) is 5.18. The number of imidazole rings is 1. The number of hydrogen-bond acceptors (Lipinski definition) is 10. The van der Waals surface area contributed by atoms with E-state index in [1.54, 1.807) is 0 Å². The zero-order valence-corrected chi connectivity index (χ0v) is 18.9. The Labute approximate surface area is 198 Å². The van der Waals surface area contributed by atoms with E-state index in [0.29, 0.717) is 62.8 Å². The van der Waals surface area contributed by atoms with Gasteiger partial charge in [0.1, 0.15) is 6.54 Å². The molecule has 35 heavy (non-hydrogen) atoms. The summed E-state index contributed by atoms with van der Waals surface area (Å²) in [6, 6.07) is 0. The minimum atomic E-state index is -4.46. The first-order valence-corrected chi connectivity index (χ1v) is 11.6. The standard InChI is InChI=1S/C21H25F3N10O/c22-21(23,24)12-34-17-14(29-19(34)33-4-3-28-20(11-33)1-2-20)16(32-5-7-35-8-6-32)30-15(31-17)13-9-26-18(25)27-10-13/h9-10,28H,1-8,11-12H2,(H2,25,26,27). The molecule has 3 fully saturated rings. The zero-order valence-electron chi connectivity index (χ0n) is 18.9. The summed E-state index contributed by atoms with van der Waals surface area (Å²) < 4.78 is 48.0. The Morgan fingerprint density at radius 3 is 2.46 bits per heavy atom. The molecule has 3 aliphatic rings. The number of nitrogens with zero attached hydrogens (tertiary/aromatic N) is 8. The van der Waals surface area contributed by atoms with E-state index in [4.69, 9.17) is 20.4 Å². The molecule has 0 amide bonds. The summed E-state index contributed by atoms with van der Waals surface area (Å²) in [5.41, 5.74) is 6.50. The lowest BCUT2D eigenvalue weighted by Crippen LogP contribution is -2.53. The van der Waals surface area contributed by atoms with Gasteiger partial charge in [-0.15, -0.1) is 0 Å². The van der Waals surface area contributed by atoms with Crippen molar-refractivity contribution in [3.63, 3.8) is 0 Å². The Hall–Kier alpha value is -3.26. The van der Waals surface area contributed by atoms with Crippen LogP contribution in [0.15, 0.2) is 12.4 Å². The molecule has 1 aliphatic carbocycles. The molecule has 0 aromatic carbocycles. The Morgan fingerprint density at radius 2 is 1.77 bits per heavy atom. The van der Waals surface area contributed by atoms with Gasteiger partial charge in [-0.2, -0.15) is 13.2 Å². The predicted octanol–water partition coefficient (Wildman–Crippen LogP) is 1.21. The van der Waals surface area contributed by atoms with Gasteiger partial charge in [0.2, 0.25) is 11.9 Å². The number of piperazine rings is 1. The highest BCUT2D eigenvalue weighted by molar-refractivity contribution is 5.88. The van der Waals surface area contributed by atoms with Crippen LogP contribution in [0.4, 0.5) is 30.9 Å². The van der Waals surface area contributed by atoms with Crippen LogP contribution in [-0.2, 0) is 11.3 Å². The Bertz CT molecular complexity index is 1230. The van der Waals surface area contributed by atoms with Crippen molar-refractivity contribution in [2.24, 2.45) is 0 Å². The lowest BCUT2D eigenvalue weighted by atomic mass is 10.2. The monoisotopic (exact) mass is 490 g/mol. The van der Waals surface area contributed by atoms with Crippen LogP contribution in [0.25, 0.3) is 22.6 Å². The maximum absolute atomic E-state index is 13.8. The zero-order chi connectivity index (χ0) is 24.2. The Morgan fingerprint density at radius 1 is 1.03 bits per heavy atom. The summed E-state index contributed by atoms with van der Waals surface area (Å²) in [7, 11) is 0. The van der Waals surface area contributed by atoms with Crippen LogP contribution >= 0.6 is 0 Å². The first kappa shape index (κ1) is 22.2. The molecular weight excluding hydrogens is 465 g/mol. The van der Waals surface area contributed by atoms with Crippen LogP contribution in [0.3, 0.4) is 0 Å². The smallest absolute Gasteiger partial charge is 0.378 e. The molecule has 1 spiro atoms. The number of nitrogen functional groups attached to an aromatic ring is 1. The van der Waals surface area contributed by atoms with Crippen LogP contribution in [0.2, 0.25) is 0 Å². The van der Waals surface area contributed by atoms with E-state index in [1.807, 2.05) is 9.80 Å². The molecule has 5 heterocycles. The molecule has 0 bridgehead atoms. The molecule has 3 aromatic heterocycles. The fourth-order valence-electron chi connectivity index (χ4n) is 4.73. The number of morpholine rings is 1. The van der Waals surface area contributed by atoms with E-state index in [-0.39, 0.29) is 28.9 Å². The number of rotatable bonds is 4. The third-order valence-electron chi connectivity index (χ3n) is 6.65. The predicted molar refractivity (Wildman–Crippen MR) is 122 cm³/mol. The highest BCUT2D eigenvalue weighted by Gasteiger charge is 2.47. The number of fused-ring (bicyclic) bond motifs is 1. The molecule has 186 valence electrons. The normalized spacial score (nSPS) is 20.1. The lowest BCUT2D eigenvalue weighted by Gasteiger charge is -2.35. The van der Waals surface area contributed by atoms with Crippen molar-refractivity contribution in [2.45, 2.75) is 31.1 Å². The highest BCUT2D eigenvalue weighted by atomic mass is 19.4. The molecule has 3 N–H and O–H groups in total. The summed E-state index contributed by atoms with van der Waals surface area (Å²) in [6.45, 7) is 2.71. The maximum Gasteiger partial charge on any atom is 0.406 e. The van der Waals surface area contributed by atoms with Gasteiger partial charge in [-0.25, -0.2) is 24.9 Å². The van der Waals surface area contributed by atoms with E-state index in [0.717, 1.165) is 12.8 Å². The molecule has 2 saturated heterocycles. The third-order valence-corrected chi connectivity index (χ3v) is 6.65. The van der Waals surface area contributed by atoms with E-state index in [1.165, 1.54) is 17.0 Å². The van der Waals surface area contributed by atoms with Gasteiger partial charge in [-0.3, -0.25) is 4.57 Å². The molecule has 2 aliphatic heterocycles. The van der Waals surface area contributed by atoms with Crippen LogP contribution in [0, 0.1) is 0 Å². The molecule has 11 nitrogen and oxygen atoms in total. The number of anilines is 3. The SMILES string of the molecule is Nc1ncc(-c2nc(N3CCOCC3)c3nc(N4CCNC5(CC5)C4)n(CC(F)(F)F)c3n2)cn1. The largest absolute Gasteiger partial charge is 0.406 e. The van der Waals surface area contributed by atoms with E-state index < -0.39 is 12.7 Å². The van der Waals surface area contributed by atoms with Gasteiger partial charge in [0.15, 0.2) is 22.8 Å². The summed E-state index contributed by atoms with van der Waals surface area (Å²) in [4.78, 5) is 25.9. The first-order valence-electron chi connectivity index (χ1n) is 11.6. The van der Waals surface area contributed by atoms with E-state index in [9.17, 15) is 13.2 Å². The molecule has 0 atom stereocenters. The van der Waals surface area contributed by atoms with Crippen LogP contribution in [-0.4, -0.2) is 87.1 Å². The number of halogens is 3. The van der Waals surface area contributed by atoms with Gasteiger partial charge < -0.3 is 25.6 Å². The van der Waals surface area contributed by atoms with Crippen LogP contribution in [0.1, 0.15) is 12.8 Å². The Balaban J connectivity index is 1.54. The topological polar surface area (TPSA) is 123 Å². The molecule has 14 heteroatoms. The van der Waals surface area contributed by atoms with E-state index in [2.05, 4.69) is 20.3 Å². The number of alkyl halides is 3. The quantitative estimate of drug-likeness (QED) is 0.552. The second kappa shape index (κ2) is 8.16. The van der Waals surface area contributed by atoms with Crippen molar-refractivity contribution in [3.05, 3.63) is 12.4 Å². The maximum atomic E-state index is 13.8. The second-order valence-corrected chi connectivity index (χ2v) is 9.21. The van der Waals surface area contributed by atoms with Gasteiger partial charge in [-0.1, -0.05) is 0 Å². The number of hydrogen-bond donors (Lipinski definition) is 2. The average molecular weight is 490 g/mol. The number of nitrogens with two attached hydrogens (primary N) is 1. The second-order valence-electron chi connectivity index (χ2n) is 9.21. The van der Waals surface area contributed by atoms with Gasteiger partial charge in [0.05, 0.1) is 18.8 Å². The number of ether oxygens (including phenoxy) is 1. The first-order chi connectivity index (χ1) is 16.8. The van der Waals surface area contributed by atoms with Gasteiger partial charge in [0.25, 0.3) is 0 Å². The molecule has 3 aromatic rings. The summed E-state index contributed by atoms with van der Waals surface area (Å²) in [5.74, 6) is 1.04. The number of nitrogens with one attached hydrogen (secondary N) is 1. The summed E-state index contributed by atoms with van der Waals surface area (Å²) in [6.07, 6.45) is 0.477. The van der Waals surface area contributed by atoms with E-state index >= 15 is 0 Å². The highest BCUT2D eigenvalue weighted by Crippen LogP contribution is 2.40. The molecule has 0 unspecified atom stereocenters. The van der Waals surface area contributed by atoms with Crippen molar-refractivity contribution < 1.29 is 17.9 Å². The van der Waals surface area contributed by atoms with Crippen LogP contribution < -0.4 is 20.9 Å². The van der Waals surface area contributed by atoms with Crippen LogP contribution in [0.5, 0.6) is 0 Å². The van der Waals surface area contributed by atoms with Gasteiger partial charge >= 0.3 is 6.18 Å². The van der Waals surface area contributed by atoms with Crippen molar-refractivity contribution in [1.29, 1.82) is 0 Å². The molecule has 6 rings (SSSR count). The van der Waals surface area contributed by atoms with Gasteiger partial charge in [0, 0.05) is 50.7 Å². The lowest BCUT2D eigenvalue weighted by molar-refractivity contribution is -0.139. The van der Waals surface area contributed by atoms with Crippen molar-refractivity contribution in [3.8, 4) is 11.4 Å². The fourth-order valence-corrected chi connectivity index (χ4v) is 4.73. The minimum absolute atomic E-state index is 0.0371. The minimum Gasteiger partial charge on any atom is -0.378 e. The summed E-state index contributed by atoms with van der Waals surface area (Å²) in [5, 5.41) is 3.49. The third kappa shape index (κ3) is 4.31. The van der Waals surface area contributed by atoms with Gasteiger partial charge in [-0.05, 0) is 12.8 Å². The summed E-state index contributed by atoms with van der Waals surface area (Å²) >= 11 is 0. The number of aromatic nitrogens is 6. The van der Waals surface area contributed by atoms with Crippen molar-refractivity contribution in [1.82, 2.24) is 34.8 Å². The molecule has 1 saturated carbocycles. The molecular formula is C21H25F3N10O.